The van der Waals surface area contributed by atoms with Crippen LogP contribution in [-0.4, -0.2) is 17.1 Å². The molecule has 0 heterocycles. The van der Waals surface area contributed by atoms with Gasteiger partial charge in [-0.25, -0.2) is 0 Å². The molecule has 3 N–H and O–H groups in total. The van der Waals surface area contributed by atoms with Crippen LogP contribution in [0.3, 0.4) is 0 Å². The van der Waals surface area contributed by atoms with E-state index in [1.807, 2.05) is 51.1 Å². The molecule has 1 rings (SSSR count). The maximum atomic E-state index is 11.0. The fourth-order valence-electron chi connectivity index (χ4n) is 2.05. The summed E-state index contributed by atoms with van der Waals surface area (Å²) in [6, 6.07) is 8.71. The van der Waals surface area contributed by atoms with Crippen molar-refractivity contribution in [2.75, 3.05) is 0 Å². The van der Waals surface area contributed by atoms with Crippen molar-refractivity contribution >= 4 is 18.4 Å². The molecule has 0 bridgehead atoms. The molecule has 96 valence electrons. The largest absolute Gasteiger partial charge is 0.480 e. The SMILES string of the molecule is CC(C)(C)C(c1ccccc1)C(N)C(=O)O.Cl. The summed E-state index contributed by atoms with van der Waals surface area (Å²) >= 11 is 0. The molecule has 3 nitrogen and oxygen atoms in total. The number of hydrogen-bond acceptors (Lipinski definition) is 2. The van der Waals surface area contributed by atoms with E-state index in [2.05, 4.69) is 0 Å². The molecule has 0 aliphatic carbocycles. The predicted molar refractivity (Wildman–Crippen MR) is 71.5 cm³/mol. The van der Waals surface area contributed by atoms with E-state index in [1.165, 1.54) is 0 Å². The fourth-order valence-corrected chi connectivity index (χ4v) is 2.05. The van der Waals surface area contributed by atoms with Gasteiger partial charge in [0.2, 0.25) is 0 Å². The van der Waals surface area contributed by atoms with Crippen molar-refractivity contribution in [3.05, 3.63) is 35.9 Å². The topological polar surface area (TPSA) is 63.3 Å². The van der Waals surface area contributed by atoms with E-state index in [4.69, 9.17) is 10.8 Å². The highest BCUT2D eigenvalue weighted by molar-refractivity contribution is 5.85. The standard InChI is InChI=1S/C13H19NO2.ClH/c1-13(2,3)10(11(14)12(15)16)9-7-5-4-6-8-9;/h4-8,10-11H,14H2,1-3H3,(H,15,16);1H. The van der Waals surface area contributed by atoms with Crippen molar-refractivity contribution in [1.82, 2.24) is 0 Å². The van der Waals surface area contributed by atoms with Crippen LogP contribution in [0.2, 0.25) is 0 Å². The number of benzene rings is 1. The van der Waals surface area contributed by atoms with Crippen molar-refractivity contribution < 1.29 is 9.90 Å². The van der Waals surface area contributed by atoms with Gasteiger partial charge in [-0.3, -0.25) is 4.79 Å². The molecule has 1 aromatic carbocycles. The zero-order valence-corrected chi connectivity index (χ0v) is 11.2. The summed E-state index contributed by atoms with van der Waals surface area (Å²) in [5.41, 5.74) is 6.57. The lowest BCUT2D eigenvalue weighted by Crippen LogP contribution is -2.42. The van der Waals surface area contributed by atoms with Crippen molar-refractivity contribution in [3.63, 3.8) is 0 Å². The smallest absolute Gasteiger partial charge is 0.321 e. The molecule has 0 saturated carbocycles. The van der Waals surface area contributed by atoms with Gasteiger partial charge in [0.25, 0.3) is 0 Å². The molecule has 2 atom stereocenters. The summed E-state index contributed by atoms with van der Waals surface area (Å²) in [6.07, 6.45) is 0. The normalized spacial score (nSPS) is 14.6. The van der Waals surface area contributed by atoms with Crippen LogP contribution in [0.5, 0.6) is 0 Å². The van der Waals surface area contributed by atoms with Crippen molar-refractivity contribution in [2.24, 2.45) is 11.1 Å². The number of carboxylic acid groups (broad SMARTS) is 1. The van der Waals surface area contributed by atoms with Crippen LogP contribution in [0.15, 0.2) is 30.3 Å². The van der Waals surface area contributed by atoms with Gasteiger partial charge >= 0.3 is 5.97 Å². The van der Waals surface area contributed by atoms with Crippen LogP contribution in [0.1, 0.15) is 32.3 Å². The van der Waals surface area contributed by atoms with Crippen LogP contribution < -0.4 is 5.73 Å². The molecular formula is C13H20ClNO2. The summed E-state index contributed by atoms with van der Waals surface area (Å²) in [4.78, 5) is 11.0. The molecule has 0 radical (unpaired) electrons. The van der Waals surface area contributed by atoms with E-state index in [-0.39, 0.29) is 23.7 Å². The molecule has 0 spiro atoms. The Hall–Kier alpha value is -1.06. The molecule has 0 amide bonds. The second-order valence-electron chi connectivity index (χ2n) is 5.12. The number of aliphatic carboxylic acids is 1. The lowest BCUT2D eigenvalue weighted by molar-refractivity contribution is -0.139. The molecular weight excluding hydrogens is 238 g/mol. The lowest BCUT2D eigenvalue weighted by Gasteiger charge is -2.33. The van der Waals surface area contributed by atoms with Gasteiger partial charge in [0.15, 0.2) is 0 Å². The summed E-state index contributed by atoms with van der Waals surface area (Å²) < 4.78 is 0. The highest BCUT2D eigenvalue weighted by atomic mass is 35.5. The average Bonchev–Trinajstić information content (AvgIpc) is 2.17. The molecule has 17 heavy (non-hydrogen) atoms. The Labute approximate surface area is 108 Å². The zero-order valence-electron chi connectivity index (χ0n) is 10.4. The van der Waals surface area contributed by atoms with Gasteiger partial charge in [0.05, 0.1) is 0 Å². The second-order valence-corrected chi connectivity index (χ2v) is 5.12. The van der Waals surface area contributed by atoms with Gasteiger partial charge in [-0.15, -0.1) is 12.4 Å². The van der Waals surface area contributed by atoms with E-state index in [1.54, 1.807) is 0 Å². The first-order valence-corrected chi connectivity index (χ1v) is 5.37. The average molecular weight is 258 g/mol. The van der Waals surface area contributed by atoms with E-state index in [0.717, 1.165) is 5.56 Å². The Bertz CT molecular complexity index is 359. The fraction of sp³-hybridized carbons (Fsp3) is 0.462. The molecule has 4 heteroatoms. The Balaban J connectivity index is 0.00000256. The number of rotatable bonds is 3. The molecule has 1 aromatic rings. The number of halogens is 1. The Morgan fingerprint density at radius 1 is 1.24 bits per heavy atom. The van der Waals surface area contributed by atoms with E-state index in [9.17, 15) is 4.79 Å². The lowest BCUT2D eigenvalue weighted by atomic mass is 9.72. The van der Waals surface area contributed by atoms with Crippen LogP contribution in [-0.2, 0) is 4.79 Å². The first kappa shape index (κ1) is 15.9. The van der Waals surface area contributed by atoms with Crippen molar-refractivity contribution in [3.8, 4) is 0 Å². The van der Waals surface area contributed by atoms with Crippen LogP contribution in [0.25, 0.3) is 0 Å². The van der Waals surface area contributed by atoms with Crippen molar-refractivity contribution in [2.45, 2.75) is 32.7 Å². The highest BCUT2D eigenvalue weighted by Crippen LogP contribution is 2.36. The molecule has 0 aromatic heterocycles. The minimum Gasteiger partial charge on any atom is -0.480 e. The van der Waals surface area contributed by atoms with Crippen molar-refractivity contribution in [1.29, 1.82) is 0 Å². The predicted octanol–water partition coefficient (Wildman–Crippen LogP) is 2.65. The third kappa shape index (κ3) is 4.02. The highest BCUT2D eigenvalue weighted by Gasteiger charge is 2.35. The minimum absolute atomic E-state index is 0. The maximum Gasteiger partial charge on any atom is 0.321 e. The molecule has 0 saturated heterocycles. The zero-order chi connectivity index (χ0) is 12.3. The third-order valence-electron chi connectivity index (χ3n) is 2.74. The van der Waals surface area contributed by atoms with Gasteiger partial charge in [-0.05, 0) is 11.0 Å². The quantitative estimate of drug-likeness (QED) is 0.875. The number of hydrogen-bond donors (Lipinski definition) is 2. The molecule has 0 fully saturated rings. The summed E-state index contributed by atoms with van der Waals surface area (Å²) in [6.45, 7) is 6.02. The summed E-state index contributed by atoms with van der Waals surface area (Å²) in [7, 11) is 0. The second kappa shape index (κ2) is 6.03. The summed E-state index contributed by atoms with van der Waals surface area (Å²) in [5, 5.41) is 9.05. The number of nitrogens with two attached hydrogens (primary N) is 1. The molecule has 2 unspecified atom stereocenters. The van der Waals surface area contributed by atoms with Crippen LogP contribution in [0, 0.1) is 5.41 Å². The molecule has 0 aliphatic rings. The maximum absolute atomic E-state index is 11.0. The van der Waals surface area contributed by atoms with Gasteiger partial charge in [0.1, 0.15) is 6.04 Å². The van der Waals surface area contributed by atoms with Gasteiger partial charge in [-0.2, -0.15) is 0 Å². The minimum atomic E-state index is -0.955. The van der Waals surface area contributed by atoms with Crippen LogP contribution in [0.4, 0.5) is 0 Å². The van der Waals surface area contributed by atoms with Gasteiger partial charge in [-0.1, -0.05) is 51.1 Å². The molecule has 0 aliphatic heterocycles. The van der Waals surface area contributed by atoms with E-state index < -0.39 is 12.0 Å². The Morgan fingerprint density at radius 3 is 2.06 bits per heavy atom. The Kier molecular flexibility index (Phi) is 5.66. The van der Waals surface area contributed by atoms with E-state index >= 15 is 0 Å². The van der Waals surface area contributed by atoms with Gasteiger partial charge in [0, 0.05) is 5.92 Å². The Morgan fingerprint density at radius 2 is 1.71 bits per heavy atom. The van der Waals surface area contributed by atoms with Gasteiger partial charge < -0.3 is 10.8 Å². The van der Waals surface area contributed by atoms with Crippen LogP contribution >= 0.6 is 12.4 Å². The van der Waals surface area contributed by atoms with E-state index in [0.29, 0.717) is 0 Å². The first-order valence-electron chi connectivity index (χ1n) is 5.37. The monoisotopic (exact) mass is 257 g/mol. The third-order valence-corrected chi connectivity index (χ3v) is 2.74. The number of carboxylic acids is 1. The number of carbonyl (C=O) groups is 1. The first-order chi connectivity index (χ1) is 7.34. The summed E-state index contributed by atoms with van der Waals surface area (Å²) in [5.74, 6) is -1.14.